The fourth-order valence-corrected chi connectivity index (χ4v) is 10.8. The Labute approximate surface area is 498 Å². The molecule has 3 N–H and O–H groups in total. The van der Waals surface area contributed by atoms with Crippen LogP contribution in [0.4, 0.5) is 0 Å². The average molecular weight is 1210 g/mol. The van der Waals surface area contributed by atoms with Gasteiger partial charge in [0.2, 0.25) is 0 Å². The highest BCUT2D eigenvalue weighted by Gasteiger charge is 2.30. The van der Waals surface area contributed by atoms with Gasteiger partial charge in [-0.25, -0.2) is 9.13 Å². The molecular formula is C63H122O17P2. The van der Waals surface area contributed by atoms with Gasteiger partial charge in [-0.05, 0) is 49.4 Å². The number of hydrogen-bond acceptors (Lipinski definition) is 15. The molecule has 0 saturated heterocycles. The first-order valence-electron chi connectivity index (χ1n) is 32.7. The van der Waals surface area contributed by atoms with Crippen molar-refractivity contribution in [1.82, 2.24) is 0 Å². The summed E-state index contributed by atoms with van der Waals surface area (Å²) in [6.07, 6.45) is 32.3. The summed E-state index contributed by atoms with van der Waals surface area (Å²) in [4.78, 5) is 72.1. The van der Waals surface area contributed by atoms with E-state index in [1.165, 1.54) is 89.9 Å². The maximum atomic E-state index is 13.0. The third kappa shape index (κ3) is 55.9. The Balaban J connectivity index is 5.25. The van der Waals surface area contributed by atoms with Crippen LogP contribution in [0.3, 0.4) is 0 Å². The molecule has 0 aromatic carbocycles. The van der Waals surface area contributed by atoms with Crippen LogP contribution in [0.5, 0.6) is 0 Å². The lowest BCUT2D eigenvalue weighted by molar-refractivity contribution is -0.161. The molecule has 0 saturated carbocycles. The number of aliphatic hydroxyl groups excluding tert-OH is 1. The van der Waals surface area contributed by atoms with Crippen LogP contribution in [-0.4, -0.2) is 96.7 Å². The number of phosphoric acid groups is 2. The number of phosphoric ester groups is 2. The summed E-state index contributed by atoms with van der Waals surface area (Å²) in [5.41, 5.74) is 0. The Kier molecular flexibility index (Phi) is 52.0. The summed E-state index contributed by atoms with van der Waals surface area (Å²) in [6, 6.07) is 0. The van der Waals surface area contributed by atoms with E-state index in [9.17, 15) is 43.2 Å². The second-order valence-corrected chi connectivity index (χ2v) is 27.4. The van der Waals surface area contributed by atoms with E-state index < -0.39 is 97.5 Å². The maximum Gasteiger partial charge on any atom is 0.472 e. The number of carbonyl (C=O) groups excluding carboxylic acids is 4. The Hall–Kier alpha value is -1.94. The van der Waals surface area contributed by atoms with E-state index in [4.69, 9.17) is 37.0 Å². The molecule has 3 unspecified atom stereocenters. The molecule has 0 bridgehead atoms. The van der Waals surface area contributed by atoms with Crippen molar-refractivity contribution < 1.29 is 80.2 Å². The normalized spacial score (nSPS) is 14.8. The van der Waals surface area contributed by atoms with E-state index in [1.807, 2.05) is 0 Å². The van der Waals surface area contributed by atoms with Crippen LogP contribution in [0.15, 0.2) is 0 Å². The minimum Gasteiger partial charge on any atom is -0.462 e. The fraction of sp³-hybridized carbons (Fsp3) is 0.937. The standard InChI is InChI=1S/C63H122O17P2/c1-9-56(8)42-34-26-16-13-14-18-30-38-46-63(68)80-59(50-74-61(66)44-36-28-22-20-25-33-41-55(6)7)52-78-82(71,72)76-48-57(64)47-75-81(69,70)77-51-58(49-73-60(65)43-35-27-21-19-24-32-40-54(4)5)79-62(67)45-37-29-17-12-10-11-15-23-31-39-53(2)3/h53-59,64H,9-52H2,1-8H3,(H,69,70)(H,71,72)/t56?,57-,58-,59-/m1/s1. The number of unbranched alkanes of at least 4 members (excludes halogenated alkanes) is 25. The first-order chi connectivity index (χ1) is 39.1. The Morgan fingerprint density at radius 3 is 0.866 bits per heavy atom. The zero-order valence-corrected chi connectivity index (χ0v) is 54.9. The molecule has 0 rings (SSSR count). The zero-order valence-electron chi connectivity index (χ0n) is 53.1. The maximum absolute atomic E-state index is 13.0. The molecular weight excluding hydrogens is 1090 g/mol. The second kappa shape index (κ2) is 53.3. The Morgan fingerprint density at radius 1 is 0.341 bits per heavy atom. The van der Waals surface area contributed by atoms with Gasteiger partial charge in [0, 0.05) is 25.7 Å². The Morgan fingerprint density at radius 2 is 0.585 bits per heavy atom. The third-order valence-electron chi connectivity index (χ3n) is 14.7. The van der Waals surface area contributed by atoms with Gasteiger partial charge in [0.25, 0.3) is 0 Å². The molecule has 0 heterocycles. The molecule has 0 spiro atoms. The molecule has 0 aliphatic rings. The van der Waals surface area contributed by atoms with Crippen molar-refractivity contribution in [2.24, 2.45) is 23.7 Å². The summed E-state index contributed by atoms with van der Waals surface area (Å²) < 4.78 is 67.9. The zero-order chi connectivity index (χ0) is 61.1. The van der Waals surface area contributed by atoms with Crippen LogP contribution in [0.1, 0.15) is 299 Å². The summed E-state index contributed by atoms with van der Waals surface area (Å²) in [7, 11) is -9.89. The Bertz CT molecular complexity index is 1650. The molecule has 0 radical (unpaired) electrons. The molecule has 0 aliphatic heterocycles. The minimum absolute atomic E-state index is 0.103. The summed E-state index contributed by atoms with van der Waals surface area (Å²) in [5, 5.41) is 10.5. The van der Waals surface area contributed by atoms with Gasteiger partial charge in [-0.3, -0.25) is 37.3 Å². The molecule has 0 amide bonds. The topological polar surface area (TPSA) is 237 Å². The van der Waals surface area contributed by atoms with Gasteiger partial charge >= 0.3 is 39.5 Å². The molecule has 17 nitrogen and oxygen atoms in total. The summed E-state index contributed by atoms with van der Waals surface area (Å²) in [5.74, 6) is 0.720. The van der Waals surface area contributed by atoms with Crippen LogP contribution < -0.4 is 0 Å². The van der Waals surface area contributed by atoms with Gasteiger partial charge in [0.05, 0.1) is 26.4 Å². The molecule has 6 atom stereocenters. The van der Waals surface area contributed by atoms with E-state index in [0.717, 1.165) is 115 Å². The molecule has 0 aromatic rings. The quantitative estimate of drug-likeness (QED) is 0.0222. The summed E-state index contributed by atoms with van der Waals surface area (Å²) >= 11 is 0. The van der Waals surface area contributed by atoms with Gasteiger partial charge in [-0.15, -0.1) is 0 Å². The van der Waals surface area contributed by atoms with Crippen molar-refractivity contribution in [2.45, 2.75) is 318 Å². The van der Waals surface area contributed by atoms with E-state index in [2.05, 4.69) is 55.4 Å². The van der Waals surface area contributed by atoms with Crippen molar-refractivity contribution >= 4 is 39.5 Å². The largest absolute Gasteiger partial charge is 0.472 e. The van der Waals surface area contributed by atoms with Gasteiger partial charge < -0.3 is 33.8 Å². The van der Waals surface area contributed by atoms with E-state index >= 15 is 0 Å². The van der Waals surface area contributed by atoms with Crippen LogP contribution in [0.25, 0.3) is 0 Å². The first kappa shape index (κ1) is 80.1. The second-order valence-electron chi connectivity index (χ2n) is 24.5. The fourth-order valence-electron chi connectivity index (χ4n) is 9.22. The lowest BCUT2D eigenvalue weighted by atomic mass is 9.99. The number of aliphatic hydroxyl groups is 1. The molecule has 0 fully saturated rings. The third-order valence-corrected chi connectivity index (χ3v) is 16.6. The highest BCUT2D eigenvalue weighted by molar-refractivity contribution is 7.47. The highest BCUT2D eigenvalue weighted by Crippen LogP contribution is 2.45. The molecule has 19 heteroatoms. The summed E-state index contributed by atoms with van der Waals surface area (Å²) in [6.45, 7) is 13.9. The van der Waals surface area contributed by atoms with E-state index in [1.54, 1.807) is 0 Å². The smallest absolute Gasteiger partial charge is 0.462 e. The van der Waals surface area contributed by atoms with Gasteiger partial charge in [0.15, 0.2) is 12.2 Å². The van der Waals surface area contributed by atoms with Crippen molar-refractivity contribution in [3.63, 3.8) is 0 Å². The average Bonchev–Trinajstić information content (AvgIpc) is 3.42. The molecule has 486 valence electrons. The molecule has 82 heavy (non-hydrogen) atoms. The van der Waals surface area contributed by atoms with Crippen LogP contribution in [0, 0.1) is 23.7 Å². The number of hydrogen-bond donors (Lipinski definition) is 3. The van der Waals surface area contributed by atoms with Gasteiger partial charge in [-0.2, -0.15) is 0 Å². The minimum atomic E-state index is -4.94. The monoisotopic (exact) mass is 1210 g/mol. The van der Waals surface area contributed by atoms with Crippen molar-refractivity contribution in [2.75, 3.05) is 39.6 Å². The predicted molar refractivity (Wildman–Crippen MR) is 326 cm³/mol. The van der Waals surface area contributed by atoms with E-state index in [0.29, 0.717) is 37.5 Å². The number of rotatable bonds is 60. The number of ether oxygens (including phenoxy) is 4. The van der Waals surface area contributed by atoms with E-state index in [-0.39, 0.29) is 25.7 Å². The van der Waals surface area contributed by atoms with Crippen LogP contribution >= 0.6 is 15.6 Å². The van der Waals surface area contributed by atoms with Crippen molar-refractivity contribution in [3.05, 3.63) is 0 Å². The number of esters is 4. The highest BCUT2D eigenvalue weighted by atomic mass is 31.2. The first-order valence-corrected chi connectivity index (χ1v) is 35.7. The molecule has 0 aromatic heterocycles. The van der Waals surface area contributed by atoms with Crippen LogP contribution in [0.2, 0.25) is 0 Å². The predicted octanol–water partition coefficient (Wildman–Crippen LogP) is 17.0. The van der Waals surface area contributed by atoms with Gasteiger partial charge in [-0.1, -0.05) is 248 Å². The molecule has 0 aliphatic carbocycles. The lowest BCUT2D eigenvalue weighted by Crippen LogP contribution is -2.30. The lowest BCUT2D eigenvalue weighted by Gasteiger charge is -2.21. The van der Waals surface area contributed by atoms with Crippen molar-refractivity contribution in [3.8, 4) is 0 Å². The van der Waals surface area contributed by atoms with Crippen molar-refractivity contribution in [1.29, 1.82) is 0 Å². The number of carbonyl (C=O) groups is 4. The van der Waals surface area contributed by atoms with Crippen LogP contribution in [-0.2, 0) is 65.4 Å². The van der Waals surface area contributed by atoms with Gasteiger partial charge in [0.1, 0.15) is 19.3 Å². The SMILES string of the molecule is CCC(C)CCCCCCCCCCC(=O)O[C@H](COC(=O)CCCCCCCCC(C)C)COP(=O)(O)OC[C@H](O)COP(=O)(O)OC[C@@H](COC(=O)CCCCCCCCC(C)C)OC(=O)CCCCCCCCCCCC(C)C.